The summed E-state index contributed by atoms with van der Waals surface area (Å²) in [5.41, 5.74) is 2.20. The van der Waals surface area contributed by atoms with Crippen LogP contribution in [0, 0.1) is 17.1 Å². The van der Waals surface area contributed by atoms with Crippen LogP contribution < -0.4 is 10.6 Å². The van der Waals surface area contributed by atoms with E-state index in [9.17, 15) is 9.18 Å². The Labute approximate surface area is 158 Å². The molecule has 8 heteroatoms. The fraction of sp³-hybridized carbons (Fsp3) is 0.167. The maximum atomic E-state index is 13.5. The van der Waals surface area contributed by atoms with Gasteiger partial charge in [-0.25, -0.2) is 9.37 Å². The summed E-state index contributed by atoms with van der Waals surface area (Å²) in [5.74, 6) is -0.694. The van der Waals surface area contributed by atoms with E-state index >= 15 is 0 Å². The summed E-state index contributed by atoms with van der Waals surface area (Å²) in [6.45, 7) is 0.753. The summed E-state index contributed by atoms with van der Waals surface area (Å²) in [7, 11) is 0. The van der Waals surface area contributed by atoms with E-state index in [1.54, 1.807) is 17.4 Å². The van der Waals surface area contributed by atoms with Crippen LogP contribution in [-0.4, -0.2) is 24.0 Å². The van der Waals surface area contributed by atoms with Crippen molar-refractivity contribution in [2.24, 2.45) is 0 Å². The second-order valence-corrected chi connectivity index (χ2v) is 7.02. The van der Waals surface area contributed by atoms with E-state index in [1.807, 2.05) is 28.3 Å². The number of nitrogens with one attached hydrogen (secondary N) is 2. The van der Waals surface area contributed by atoms with Crippen LogP contribution >= 0.6 is 22.7 Å². The van der Waals surface area contributed by atoms with Crippen LogP contribution in [0.15, 0.2) is 40.4 Å². The van der Waals surface area contributed by atoms with E-state index in [2.05, 4.69) is 15.6 Å². The van der Waals surface area contributed by atoms with Crippen LogP contribution in [0.2, 0.25) is 0 Å². The van der Waals surface area contributed by atoms with Gasteiger partial charge in [0.25, 0.3) is 0 Å². The minimum absolute atomic E-state index is 0.0257. The van der Waals surface area contributed by atoms with E-state index < -0.39 is 5.82 Å². The van der Waals surface area contributed by atoms with Gasteiger partial charge < -0.3 is 10.6 Å². The fourth-order valence-corrected chi connectivity index (χ4v) is 3.85. The SMILES string of the molecule is N#Cc1c(F)cccc1NCCNC(=O)Cc1csc(-c2ccsc2)n1. The molecule has 0 radical (unpaired) electrons. The van der Waals surface area contributed by atoms with Crippen LogP contribution in [-0.2, 0) is 11.2 Å². The van der Waals surface area contributed by atoms with Crippen LogP contribution in [0.5, 0.6) is 0 Å². The Morgan fingerprint density at radius 2 is 2.15 bits per heavy atom. The molecule has 2 heterocycles. The molecule has 3 aromatic rings. The third-order valence-electron chi connectivity index (χ3n) is 3.55. The molecule has 5 nitrogen and oxygen atoms in total. The number of aromatic nitrogens is 1. The first-order valence-corrected chi connectivity index (χ1v) is 9.66. The molecule has 1 aromatic carbocycles. The molecule has 26 heavy (non-hydrogen) atoms. The smallest absolute Gasteiger partial charge is 0.226 e. The molecule has 0 atom stereocenters. The molecule has 1 amide bonds. The Bertz CT molecular complexity index is 931. The average molecular weight is 386 g/mol. The predicted octanol–water partition coefficient (Wildman–Crippen LogP) is 3.65. The number of carbonyl (C=O) groups is 1. The summed E-state index contributed by atoms with van der Waals surface area (Å²) < 4.78 is 13.5. The first-order valence-electron chi connectivity index (χ1n) is 7.83. The fourth-order valence-electron chi connectivity index (χ4n) is 2.32. The molecule has 0 aliphatic heterocycles. The molecule has 2 aromatic heterocycles. The zero-order valence-corrected chi connectivity index (χ0v) is 15.3. The van der Waals surface area contributed by atoms with Gasteiger partial charge in [-0.15, -0.1) is 11.3 Å². The average Bonchev–Trinajstić information content (AvgIpc) is 3.30. The van der Waals surface area contributed by atoms with Crippen LogP contribution in [0.25, 0.3) is 10.6 Å². The normalized spacial score (nSPS) is 10.3. The van der Waals surface area contributed by atoms with E-state index in [0.717, 1.165) is 16.3 Å². The number of thiazole rings is 1. The molecule has 0 spiro atoms. The number of thiophene rings is 1. The van der Waals surface area contributed by atoms with Crippen molar-refractivity contribution < 1.29 is 9.18 Å². The van der Waals surface area contributed by atoms with Gasteiger partial charge in [-0.3, -0.25) is 4.79 Å². The maximum Gasteiger partial charge on any atom is 0.226 e. The maximum absolute atomic E-state index is 13.5. The number of halogens is 1. The second kappa shape index (κ2) is 8.56. The zero-order chi connectivity index (χ0) is 18.4. The van der Waals surface area contributed by atoms with Crippen molar-refractivity contribution in [1.29, 1.82) is 5.26 Å². The number of hydrogen-bond acceptors (Lipinski definition) is 6. The molecule has 0 saturated carbocycles. The van der Waals surface area contributed by atoms with E-state index in [0.29, 0.717) is 18.8 Å². The quantitative estimate of drug-likeness (QED) is 0.608. The standard InChI is InChI=1S/C18H15FN4OS2/c19-15-2-1-3-16(14(15)9-20)21-5-6-22-17(24)8-13-11-26-18(23-13)12-4-7-25-10-12/h1-4,7,10-11,21H,5-6,8H2,(H,22,24). The summed E-state index contributed by atoms with van der Waals surface area (Å²) in [4.78, 5) is 16.5. The summed E-state index contributed by atoms with van der Waals surface area (Å²) in [5, 5.41) is 21.5. The van der Waals surface area contributed by atoms with Crippen molar-refractivity contribution in [1.82, 2.24) is 10.3 Å². The molecule has 0 aliphatic carbocycles. The Balaban J connectivity index is 1.45. The Hall–Kier alpha value is -2.76. The molecule has 0 bridgehead atoms. The third kappa shape index (κ3) is 4.45. The van der Waals surface area contributed by atoms with Gasteiger partial charge in [-0.2, -0.15) is 16.6 Å². The van der Waals surface area contributed by atoms with Gasteiger partial charge in [0, 0.05) is 29.4 Å². The highest BCUT2D eigenvalue weighted by atomic mass is 32.1. The predicted molar refractivity (Wildman–Crippen MR) is 102 cm³/mol. The Morgan fingerprint density at radius 1 is 1.27 bits per heavy atom. The van der Waals surface area contributed by atoms with E-state index in [-0.39, 0.29) is 17.9 Å². The number of nitrogens with zero attached hydrogens (tertiary/aromatic N) is 2. The number of benzene rings is 1. The van der Waals surface area contributed by atoms with Gasteiger partial charge in [0.1, 0.15) is 22.5 Å². The molecule has 0 fully saturated rings. The van der Waals surface area contributed by atoms with Gasteiger partial charge in [-0.1, -0.05) is 6.07 Å². The number of carbonyl (C=O) groups excluding carboxylic acids is 1. The highest BCUT2D eigenvalue weighted by Gasteiger charge is 2.10. The lowest BCUT2D eigenvalue weighted by Gasteiger charge is -2.09. The Morgan fingerprint density at radius 3 is 2.92 bits per heavy atom. The summed E-state index contributed by atoms with van der Waals surface area (Å²) in [6.07, 6.45) is 0.212. The van der Waals surface area contributed by atoms with Crippen molar-refractivity contribution in [3.8, 4) is 16.6 Å². The Kier molecular flexibility index (Phi) is 5.94. The molecular weight excluding hydrogens is 371 g/mol. The van der Waals surface area contributed by atoms with Crippen LogP contribution in [0.3, 0.4) is 0 Å². The van der Waals surface area contributed by atoms with Crippen molar-refractivity contribution in [3.63, 3.8) is 0 Å². The summed E-state index contributed by atoms with van der Waals surface area (Å²) >= 11 is 3.13. The number of hydrogen-bond donors (Lipinski definition) is 2. The highest BCUT2D eigenvalue weighted by Crippen LogP contribution is 2.25. The molecule has 132 valence electrons. The highest BCUT2D eigenvalue weighted by molar-refractivity contribution is 7.14. The summed E-state index contributed by atoms with van der Waals surface area (Å²) in [6, 6.07) is 8.23. The first-order chi connectivity index (χ1) is 12.7. The molecule has 3 rings (SSSR count). The monoisotopic (exact) mass is 386 g/mol. The van der Waals surface area contributed by atoms with Gasteiger partial charge in [0.05, 0.1) is 17.8 Å². The lowest BCUT2D eigenvalue weighted by Crippen LogP contribution is -2.30. The van der Waals surface area contributed by atoms with Gasteiger partial charge in [0.15, 0.2) is 0 Å². The number of anilines is 1. The van der Waals surface area contributed by atoms with Crippen LogP contribution in [0.4, 0.5) is 10.1 Å². The molecule has 2 N–H and O–H groups in total. The van der Waals surface area contributed by atoms with Crippen molar-refractivity contribution in [2.45, 2.75) is 6.42 Å². The second-order valence-electron chi connectivity index (χ2n) is 5.38. The molecule has 0 unspecified atom stereocenters. The number of nitriles is 1. The lowest BCUT2D eigenvalue weighted by atomic mass is 10.2. The van der Waals surface area contributed by atoms with E-state index in [1.165, 1.54) is 23.5 Å². The number of amides is 1. The number of rotatable bonds is 7. The van der Waals surface area contributed by atoms with E-state index in [4.69, 9.17) is 5.26 Å². The molecule has 0 saturated heterocycles. The molecule has 0 aliphatic rings. The minimum Gasteiger partial charge on any atom is -0.382 e. The largest absolute Gasteiger partial charge is 0.382 e. The van der Waals surface area contributed by atoms with Crippen molar-refractivity contribution in [2.75, 3.05) is 18.4 Å². The van der Waals surface area contributed by atoms with Crippen LogP contribution in [0.1, 0.15) is 11.3 Å². The first kappa shape index (κ1) is 18.0. The van der Waals surface area contributed by atoms with Gasteiger partial charge in [0.2, 0.25) is 5.91 Å². The topological polar surface area (TPSA) is 77.8 Å². The minimum atomic E-state index is -0.563. The third-order valence-corrected chi connectivity index (χ3v) is 5.17. The van der Waals surface area contributed by atoms with Crippen molar-refractivity contribution >= 4 is 34.3 Å². The zero-order valence-electron chi connectivity index (χ0n) is 13.7. The van der Waals surface area contributed by atoms with Gasteiger partial charge in [-0.05, 0) is 23.6 Å². The molecular formula is C18H15FN4OS2. The van der Waals surface area contributed by atoms with Crippen molar-refractivity contribution in [3.05, 3.63) is 57.5 Å². The lowest BCUT2D eigenvalue weighted by molar-refractivity contribution is -0.120. The van der Waals surface area contributed by atoms with Gasteiger partial charge >= 0.3 is 0 Å².